The van der Waals surface area contributed by atoms with Crippen molar-refractivity contribution in [2.75, 3.05) is 0 Å². The summed E-state index contributed by atoms with van der Waals surface area (Å²) in [5.74, 6) is 0.396. The monoisotopic (exact) mass is 482 g/mol. The van der Waals surface area contributed by atoms with Gasteiger partial charge in [0.25, 0.3) is 0 Å². The molecule has 3 aromatic heterocycles. The zero-order chi connectivity index (χ0) is 26.1. The Morgan fingerprint density at radius 2 is 1.31 bits per heavy atom. The first-order valence-corrected chi connectivity index (χ1v) is 13.6. The van der Waals surface area contributed by atoms with E-state index in [2.05, 4.69) is 96.6 Å². The number of aromatic amines is 2. The third-order valence-electron chi connectivity index (χ3n) is 7.56. The molecule has 4 heteroatoms. The standard InChI is InChI=1S/C29H34N4.C3H8/c1-8-20-18(6)27-14-29-21(9-2)17(5)26(32-29)12-22-15(3)10-24(30-22)19(7)25-11-16(4)23(31-25)13-28(20)33-27;1-3-2/h11-15,32-33H,8-10H2,1-7H3;3H2,1-2H3. The molecular weight excluding hydrogens is 440 g/mol. The van der Waals surface area contributed by atoms with Crippen LogP contribution >= 0.6 is 0 Å². The number of allylic oxidation sites excluding steroid dienone is 1. The summed E-state index contributed by atoms with van der Waals surface area (Å²) in [6.45, 7) is 19.8. The van der Waals surface area contributed by atoms with Gasteiger partial charge in [-0.15, -0.1) is 0 Å². The van der Waals surface area contributed by atoms with Gasteiger partial charge in [0.05, 0.1) is 11.4 Å². The Morgan fingerprint density at radius 3 is 1.89 bits per heavy atom. The maximum atomic E-state index is 5.08. The maximum absolute atomic E-state index is 5.08. The number of aryl methyl sites for hydroxylation is 4. The Hall–Kier alpha value is -3.14. The minimum absolute atomic E-state index is 0.396. The lowest BCUT2D eigenvalue weighted by Gasteiger charge is -2.00. The van der Waals surface area contributed by atoms with Crippen molar-refractivity contribution in [1.82, 2.24) is 19.9 Å². The van der Waals surface area contributed by atoms with Gasteiger partial charge in [0.2, 0.25) is 0 Å². The van der Waals surface area contributed by atoms with Crippen LogP contribution < -0.4 is 0 Å². The van der Waals surface area contributed by atoms with E-state index in [1.807, 2.05) is 0 Å². The van der Waals surface area contributed by atoms with Crippen LogP contribution in [0.25, 0.3) is 33.7 Å². The second kappa shape index (κ2) is 10.5. The second-order valence-corrected chi connectivity index (χ2v) is 10.4. The average molecular weight is 483 g/mol. The highest BCUT2D eigenvalue weighted by Crippen LogP contribution is 2.31. The predicted octanol–water partition coefficient (Wildman–Crippen LogP) is 8.69. The summed E-state index contributed by atoms with van der Waals surface area (Å²) in [7, 11) is 0. The third-order valence-corrected chi connectivity index (χ3v) is 7.56. The van der Waals surface area contributed by atoms with E-state index in [1.165, 1.54) is 56.4 Å². The minimum Gasteiger partial charge on any atom is -0.355 e. The van der Waals surface area contributed by atoms with Crippen LogP contribution in [0.15, 0.2) is 18.2 Å². The van der Waals surface area contributed by atoms with Crippen LogP contribution in [-0.2, 0) is 19.3 Å². The van der Waals surface area contributed by atoms with Crippen molar-refractivity contribution in [3.63, 3.8) is 0 Å². The number of hydrogen-bond donors (Lipinski definition) is 2. The van der Waals surface area contributed by atoms with Crippen molar-refractivity contribution in [3.05, 3.63) is 68.8 Å². The molecule has 4 nitrogen and oxygen atoms in total. The van der Waals surface area contributed by atoms with Gasteiger partial charge in [-0.05, 0) is 105 Å². The molecule has 0 radical (unpaired) electrons. The summed E-state index contributed by atoms with van der Waals surface area (Å²) >= 11 is 0. The van der Waals surface area contributed by atoms with Gasteiger partial charge in [-0.2, -0.15) is 0 Å². The highest BCUT2D eigenvalue weighted by molar-refractivity contribution is 5.85. The van der Waals surface area contributed by atoms with Crippen LogP contribution in [0.3, 0.4) is 0 Å². The number of H-pyrrole nitrogens is 2. The van der Waals surface area contributed by atoms with Gasteiger partial charge >= 0.3 is 0 Å². The maximum Gasteiger partial charge on any atom is 0.0687 e. The number of nitrogens with one attached hydrogen (secondary N) is 2. The Balaban J connectivity index is 0.000000967. The molecule has 190 valence electrons. The van der Waals surface area contributed by atoms with Crippen molar-refractivity contribution in [1.29, 1.82) is 0 Å². The number of fused-ring (bicyclic) bond motifs is 8. The Kier molecular flexibility index (Phi) is 7.54. The van der Waals surface area contributed by atoms with E-state index >= 15 is 0 Å². The lowest BCUT2D eigenvalue weighted by Crippen LogP contribution is -1.91. The van der Waals surface area contributed by atoms with E-state index < -0.39 is 0 Å². The van der Waals surface area contributed by atoms with Crippen LogP contribution in [0.5, 0.6) is 0 Å². The Labute approximate surface area is 216 Å². The molecule has 3 aromatic rings. The van der Waals surface area contributed by atoms with Gasteiger partial charge in [-0.3, -0.25) is 4.98 Å². The molecule has 0 spiro atoms. The molecule has 2 aliphatic heterocycles. The molecule has 0 aliphatic carbocycles. The number of nitrogens with zero attached hydrogens (tertiary/aromatic N) is 2. The number of hydrogen-bond acceptors (Lipinski definition) is 2. The summed E-state index contributed by atoms with van der Waals surface area (Å²) in [4.78, 5) is 17.5. The molecule has 8 bridgehead atoms. The zero-order valence-corrected chi connectivity index (χ0v) is 23.6. The van der Waals surface area contributed by atoms with Gasteiger partial charge in [0.1, 0.15) is 0 Å². The minimum atomic E-state index is 0.396. The van der Waals surface area contributed by atoms with E-state index in [4.69, 9.17) is 9.97 Å². The van der Waals surface area contributed by atoms with Gasteiger partial charge in [-0.25, -0.2) is 4.98 Å². The van der Waals surface area contributed by atoms with Gasteiger partial charge in [0, 0.05) is 39.4 Å². The van der Waals surface area contributed by atoms with E-state index in [9.17, 15) is 0 Å². The van der Waals surface area contributed by atoms with Crippen molar-refractivity contribution in [2.45, 2.75) is 93.9 Å². The van der Waals surface area contributed by atoms with Gasteiger partial charge in [-0.1, -0.05) is 41.0 Å². The lowest BCUT2D eigenvalue weighted by atomic mass is 10.0. The third kappa shape index (κ3) is 4.66. The Bertz CT molecular complexity index is 1480. The molecule has 0 saturated heterocycles. The van der Waals surface area contributed by atoms with E-state index in [0.29, 0.717) is 5.92 Å². The summed E-state index contributed by atoms with van der Waals surface area (Å²) in [6, 6.07) is 6.76. The predicted molar refractivity (Wildman–Crippen MR) is 156 cm³/mol. The molecule has 0 saturated carbocycles. The molecule has 0 fully saturated rings. The lowest BCUT2D eigenvalue weighted by molar-refractivity contribution is 0.793. The van der Waals surface area contributed by atoms with Crippen LogP contribution in [0.1, 0.15) is 104 Å². The van der Waals surface area contributed by atoms with Crippen molar-refractivity contribution >= 4 is 33.7 Å². The molecular formula is C32H42N4. The number of aromatic nitrogens is 4. The van der Waals surface area contributed by atoms with Crippen molar-refractivity contribution in [2.24, 2.45) is 0 Å². The van der Waals surface area contributed by atoms with Crippen molar-refractivity contribution < 1.29 is 0 Å². The van der Waals surface area contributed by atoms with Gasteiger partial charge in [0.15, 0.2) is 0 Å². The van der Waals surface area contributed by atoms with Gasteiger partial charge < -0.3 is 9.97 Å². The highest BCUT2D eigenvalue weighted by atomic mass is 14.8. The van der Waals surface area contributed by atoms with Crippen LogP contribution in [0.4, 0.5) is 0 Å². The van der Waals surface area contributed by atoms with Crippen molar-refractivity contribution in [3.8, 4) is 0 Å². The normalized spacial score (nSPS) is 14.9. The largest absolute Gasteiger partial charge is 0.355 e. The van der Waals surface area contributed by atoms with E-state index in [1.54, 1.807) is 0 Å². The Morgan fingerprint density at radius 1 is 0.750 bits per heavy atom. The fraction of sp³-hybridized carbons (Fsp3) is 0.438. The smallest absolute Gasteiger partial charge is 0.0687 e. The molecule has 36 heavy (non-hydrogen) atoms. The SMILES string of the molecule is CCC.CCc1c(C)c2cc3[nH]c(cc4nc(c(C)c5nc(cc1[nH]2)C(C)=C5)CC4C)c(C)c3CC. The fourth-order valence-electron chi connectivity index (χ4n) is 5.37. The van der Waals surface area contributed by atoms with E-state index in [-0.39, 0.29) is 0 Å². The molecule has 2 aliphatic rings. The van der Waals surface area contributed by atoms with E-state index in [0.717, 1.165) is 47.6 Å². The molecule has 0 amide bonds. The number of rotatable bonds is 2. The molecule has 5 heterocycles. The summed E-state index contributed by atoms with van der Waals surface area (Å²) in [5, 5.41) is 0. The van der Waals surface area contributed by atoms with Crippen LogP contribution in [0.2, 0.25) is 0 Å². The van der Waals surface area contributed by atoms with Crippen LogP contribution in [-0.4, -0.2) is 19.9 Å². The fourth-order valence-corrected chi connectivity index (χ4v) is 5.37. The summed E-state index contributed by atoms with van der Waals surface area (Å²) < 4.78 is 0. The topological polar surface area (TPSA) is 57.4 Å². The first kappa shape index (κ1) is 25.9. The molecule has 1 unspecified atom stereocenters. The molecule has 2 N–H and O–H groups in total. The average Bonchev–Trinajstić information content (AvgIpc) is 3.55. The second-order valence-electron chi connectivity index (χ2n) is 10.4. The first-order chi connectivity index (χ1) is 17.2. The summed E-state index contributed by atoms with van der Waals surface area (Å²) in [6.07, 6.45) is 6.39. The van der Waals surface area contributed by atoms with Crippen LogP contribution in [0, 0.1) is 20.8 Å². The summed E-state index contributed by atoms with van der Waals surface area (Å²) in [5.41, 5.74) is 16.8. The zero-order valence-electron chi connectivity index (χ0n) is 23.6. The molecule has 1 atom stereocenters. The quantitative estimate of drug-likeness (QED) is 0.384. The molecule has 0 aromatic carbocycles. The highest BCUT2D eigenvalue weighted by Gasteiger charge is 2.20. The molecule has 5 rings (SSSR count). The first-order valence-electron chi connectivity index (χ1n) is 13.6.